The van der Waals surface area contributed by atoms with Gasteiger partial charge in [0, 0.05) is 10.6 Å². The van der Waals surface area contributed by atoms with Gasteiger partial charge in [0.05, 0.1) is 18.1 Å². The number of hydrogen-bond donors (Lipinski definition) is 0. The van der Waals surface area contributed by atoms with E-state index in [2.05, 4.69) is 17.3 Å². The highest BCUT2D eigenvalue weighted by molar-refractivity contribution is 6.30. The number of ether oxygens (including phenoxy) is 1. The number of carbonyl (C=O) groups excluding carboxylic acids is 2. The first-order valence-corrected chi connectivity index (χ1v) is 10.1. The van der Waals surface area contributed by atoms with Crippen molar-refractivity contribution in [3.63, 3.8) is 0 Å². The average Bonchev–Trinajstić information content (AvgIpc) is 3.40. The first kappa shape index (κ1) is 18.1. The Hall–Kier alpha value is -2.92. The topological polar surface area (TPSA) is 59.0 Å². The zero-order chi connectivity index (χ0) is 20.0. The number of rotatable bonds is 5. The Bertz CT molecular complexity index is 1020. The molecule has 0 unspecified atom stereocenters. The highest BCUT2D eigenvalue weighted by atomic mass is 35.5. The van der Waals surface area contributed by atoms with Crippen LogP contribution in [0.3, 0.4) is 0 Å². The van der Waals surface area contributed by atoms with Crippen molar-refractivity contribution < 1.29 is 14.3 Å². The molecule has 5 rings (SSSR count). The third kappa shape index (κ3) is 3.15. The highest BCUT2D eigenvalue weighted by Gasteiger charge is 2.59. The lowest BCUT2D eigenvalue weighted by atomic mass is 9.85. The van der Waals surface area contributed by atoms with Crippen molar-refractivity contribution in [1.82, 2.24) is 5.01 Å². The van der Waals surface area contributed by atoms with Gasteiger partial charge < -0.3 is 4.74 Å². The number of benzene rings is 2. The van der Waals surface area contributed by atoms with Crippen molar-refractivity contribution in [3.8, 4) is 5.75 Å². The molecule has 1 saturated heterocycles. The number of fused-ring (bicyclic) bond motifs is 5. The normalized spacial score (nSPS) is 27.3. The maximum atomic E-state index is 12.7. The maximum Gasteiger partial charge on any atom is 0.254 e. The van der Waals surface area contributed by atoms with E-state index in [1.807, 2.05) is 48.5 Å². The molecule has 2 aromatic carbocycles. The van der Waals surface area contributed by atoms with Gasteiger partial charge in [0.1, 0.15) is 12.4 Å². The number of halogens is 1. The summed E-state index contributed by atoms with van der Waals surface area (Å²) in [7, 11) is 0. The molecule has 0 aromatic heterocycles. The van der Waals surface area contributed by atoms with E-state index in [0.29, 0.717) is 22.9 Å². The van der Waals surface area contributed by atoms with Gasteiger partial charge in [-0.15, -0.1) is 0 Å². The summed E-state index contributed by atoms with van der Waals surface area (Å²) in [5.41, 5.74) is 1.65. The lowest BCUT2D eigenvalue weighted by Crippen LogP contribution is -2.28. The summed E-state index contributed by atoms with van der Waals surface area (Å²) >= 11 is 6.02. The molecule has 5 nitrogen and oxygen atoms in total. The summed E-state index contributed by atoms with van der Waals surface area (Å²) in [6.07, 6.45) is 6.58. The number of hydrazone groups is 1. The van der Waals surface area contributed by atoms with E-state index in [9.17, 15) is 9.59 Å². The van der Waals surface area contributed by atoms with Crippen molar-refractivity contribution in [3.05, 3.63) is 76.8 Å². The number of para-hydroxylation sites is 1. The minimum Gasteiger partial charge on any atom is -0.488 e. The Balaban J connectivity index is 1.33. The monoisotopic (exact) mass is 406 g/mol. The Labute approximate surface area is 173 Å². The minimum atomic E-state index is -0.246. The molecule has 0 spiro atoms. The van der Waals surface area contributed by atoms with E-state index in [1.165, 1.54) is 6.21 Å². The van der Waals surface area contributed by atoms with E-state index in [-0.39, 0.29) is 35.5 Å². The molecule has 3 aliphatic rings. The third-order valence-corrected chi connectivity index (χ3v) is 6.20. The van der Waals surface area contributed by atoms with Crippen LogP contribution in [0, 0.1) is 23.7 Å². The molecule has 2 aliphatic carbocycles. The van der Waals surface area contributed by atoms with Crippen LogP contribution in [-0.2, 0) is 16.2 Å². The molecular formula is C23H19ClN2O3. The van der Waals surface area contributed by atoms with Crippen LogP contribution in [0.15, 0.2) is 65.8 Å². The second-order valence-corrected chi connectivity index (χ2v) is 8.13. The minimum absolute atomic E-state index is 0.176. The second-order valence-electron chi connectivity index (χ2n) is 7.69. The van der Waals surface area contributed by atoms with Gasteiger partial charge in [-0.3, -0.25) is 9.59 Å². The van der Waals surface area contributed by atoms with Gasteiger partial charge in [0.2, 0.25) is 0 Å². The summed E-state index contributed by atoms with van der Waals surface area (Å²) < 4.78 is 5.92. The SMILES string of the molecule is O=C1[C@@H]2[C@H](C(=O)N1/N=C\c1ccccc1OCc1cccc(Cl)c1)[C@H]1C=C[C@H]2C1. The van der Waals surface area contributed by atoms with Gasteiger partial charge >= 0.3 is 0 Å². The van der Waals surface area contributed by atoms with Gasteiger partial charge in [-0.2, -0.15) is 10.1 Å². The molecule has 0 radical (unpaired) electrons. The van der Waals surface area contributed by atoms with Crippen LogP contribution >= 0.6 is 11.6 Å². The molecule has 6 heteroatoms. The van der Waals surface area contributed by atoms with Crippen LogP contribution in [0.4, 0.5) is 0 Å². The fraction of sp³-hybridized carbons (Fsp3) is 0.261. The van der Waals surface area contributed by atoms with Crippen molar-refractivity contribution in [2.45, 2.75) is 13.0 Å². The molecule has 2 bridgehead atoms. The van der Waals surface area contributed by atoms with Crippen LogP contribution in [0.2, 0.25) is 5.02 Å². The largest absolute Gasteiger partial charge is 0.488 e. The number of hydrogen-bond acceptors (Lipinski definition) is 4. The molecule has 1 saturated carbocycles. The molecule has 2 amide bonds. The smallest absolute Gasteiger partial charge is 0.254 e. The van der Waals surface area contributed by atoms with Gasteiger partial charge in [-0.1, -0.05) is 48.0 Å². The van der Waals surface area contributed by atoms with Crippen molar-refractivity contribution in [2.75, 3.05) is 0 Å². The van der Waals surface area contributed by atoms with Crippen molar-refractivity contribution >= 4 is 29.6 Å². The van der Waals surface area contributed by atoms with Gasteiger partial charge in [-0.25, -0.2) is 0 Å². The van der Waals surface area contributed by atoms with Crippen LogP contribution in [0.5, 0.6) is 5.75 Å². The molecule has 2 aromatic rings. The summed E-state index contributed by atoms with van der Waals surface area (Å²) in [5.74, 6) is 0.103. The maximum absolute atomic E-state index is 12.7. The summed E-state index contributed by atoms with van der Waals surface area (Å²) in [5, 5.41) is 5.95. The van der Waals surface area contributed by atoms with E-state index in [1.54, 1.807) is 0 Å². The zero-order valence-corrected chi connectivity index (χ0v) is 16.3. The zero-order valence-electron chi connectivity index (χ0n) is 15.6. The van der Waals surface area contributed by atoms with Gasteiger partial charge in [0.25, 0.3) is 11.8 Å². The quantitative estimate of drug-likeness (QED) is 0.427. The fourth-order valence-electron chi connectivity index (χ4n) is 4.63. The first-order valence-electron chi connectivity index (χ1n) is 9.68. The van der Waals surface area contributed by atoms with E-state index in [4.69, 9.17) is 16.3 Å². The highest BCUT2D eigenvalue weighted by Crippen LogP contribution is 2.52. The molecule has 2 fully saturated rings. The van der Waals surface area contributed by atoms with Crippen LogP contribution in [-0.4, -0.2) is 23.0 Å². The Morgan fingerprint density at radius 3 is 2.48 bits per heavy atom. The summed E-state index contributed by atoms with van der Waals surface area (Å²) in [6.45, 7) is 0.353. The number of nitrogens with zero attached hydrogens (tertiary/aromatic N) is 2. The molecule has 29 heavy (non-hydrogen) atoms. The molecular weight excluding hydrogens is 388 g/mol. The van der Waals surface area contributed by atoms with E-state index < -0.39 is 0 Å². The summed E-state index contributed by atoms with van der Waals surface area (Å²) in [4.78, 5) is 25.5. The third-order valence-electron chi connectivity index (χ3n) is 5.96. The molecule has 4 atom stereocenters. The Kier molecular flexibility index (Phi) is 4.47. The predicted molar refractivity (Wildman–Crippen MR) is 109 cm³/mol. The van der Waals surface area contributed by atoms with E-state index >= 15 is 0 Å². The van der Waals surface area contributed by atoms with Gasteiger partial charge in [-0.05, 0) is 48.1 Å². The Morgan fingerprint density at radius 2 is 1.76 bits per heavy atom. The van der Waals surface area contributed by atoms with E-state index in [0.717, 1.165) is 17.0 Å². The number of carbonyl (C=O) groups is 2. The lowest BCUT2D eigenvalue weighted by molar-refractivity contribution is -0.140. The summed E-state index contributed by atoms with van der Waals surface area (Å²) in [6, 6.07) is 14.9. The molecule has 146 valence electrons. The number of imide groups is 1. The number of allylic oxidation sites excluding steroid dienone is 2. The van der Waals surface area contributed by atoms with Gasteiger partial charge in [0.15, 0.2) is 0 Å². The fourth-order valence-corrected chi connectivity index (χ4v) is 4.84. The van der Waals surface area contributed by atoms with Crippen molar-refractivity contribution in [1.29, 1.82) is 0 Å². The second kappa shape index (κ2) is 7.16. The number of amides is 2. The average molecular weight is 407 g/mol. The van der Waals surface area contributed by atoms with Crippen LogP contribution in [0.1, 0.15) is 17.5 Å². The lowest BCUT2D eigenvalue weighted by Gasteiger charge is -2.13. The predicted octanol–water partition coefficient (Wildman–Crippen LogP) is 4.06. The molecule has 1 heterocycles. The Morgan fingerprint density at radius 1 is 1.03 bits per heavy atom. The molecule has 1 aliphatic heterocycles. The van der Waals surface area contributed by atoms with Crippen LogP contribution in [0.25, 0.3) is 0 Å². The molecule has 0 N–H and O–H groups in total. The first-order chi connectivity index (χ1) is 14.1. The van der Waals surface area contributed by atoms with Crippen LogP contribution < -0.4 is 4.74 Å². The standard InChI is InChI=1S/C23H19ClN2O3/c24-18-6-3-4-14(10-18)13-29-19-7-2-1-5-17(19)12-25-26-22(27)20-15-8-9-16(11-15)21(20)23(26)28/h1-10,12,15-16,20-21H,11,13H2/b25-12-/t15-,16-,20-,21+/m0/s1. The van der Waals surface area contributed by atoms with Crippen molar-refractivity contribution in [2.24, 2.45) is 28.8 Å².